The number of nitrogens with zero attached hydrogens (tertiary/aromatic N) is 1. The lowest BCUT2D eigenvalue weighted by Crippen LogP contribution is -2.17. The Morgan fingerprint density at radius 1 is 1.21 bits per heavy atom. The number of benzene rings is 1. The molecule has 126 valence electrons. The molecule has 24 heavy (non-hydrogen) atoms. The Balaban J connectivity index is 1.72. The number of halogens is 2. The van der Waals surface area contributed by atoms with Crippen LogP contribution < -0.4 is 0 Å². The molecule has 0 bridgehead atoms. The van der Waals surface area contributed by atoms with Crippen LogP contribution in [0.3, 0.4) is 0 Å². The van der Waals surface area contributed by atoms with Crippen molar-refractivity contribution in [3.8, 4) is 0 Å². The number of carbonyl (C=O) groups is 2. The molecular formula is C18H17F2NO3. The van der Waals surface area contributed by atoms with Crippen molar-refractivity contribution >= 4 is 11.8 Å². The summed E-state index contributed by atoms with van der Waals surface area (Å²) in [5.41, 5.74) is 1.49. The van der Waals surface area contributed by atoms with E-state index in [9.17, 15) is 18.4 Å². The average molecular weight is 333 g/mol. The Hall–Kier alpha value is -2.50. The number of hydrogen-bond donors (Lipinski definition) is 0. The smallest absolute Gasteiger partial charge is 0.344 e. The highest BCUT2D eigenvalue weighted by Gasteiger charge is 2.28. The summed E-state index contributed by atoms with van der Waals surface area (Å²) in [6.45, 7) is 3.21. The van der Waals surface area contributed by atoms with Crippen LogP contribution in [0.2, 0.25) is 0 Å². The number of aryl methyl sites for hydroxylation is 1. The summed E-state index contributed by atoms with van der Waals surface area (Å²) in [5, 5.41) is 0. The first-order valence-electron chi connectivity index (χ1n) is 7.73. The Morgan fingerprint density at radius 2 is 1.83 bits per heavy atom. The van der Waals surface area contributed by atoms with Crippen LogP contribution in [-0.4, -0.2) is 22.9 Å². The van der Waals surface area contributed by atoms with Gasteiger partial charge in [0.1, 0.15) is 17.2 Å². The number of aromatic nitrogens is 1. The second kappa shape index (κ2) is 6.19. The second-order valence-corrected chi connectivity index (χ2v) is 5.98. The van der Waals surface area contributed by atoms with E-state index < -0.39 is 29.8 Å². The fourth-order valence-corrected chi connectivity index (χ4v) is 2.93. The van der Waals surface area contributed by atoms with E-state index in [1.807, 2.05) is 13.8 Å². The van der Waals surface area contributed by atoms with Gasteiger partial charge in [-0.25, -0.2) is 13.6 Å². The molecule has 0 amide bonds. The molecule has 0 radical (unpaired) electrons. The van der Waals surface area contributed by atoms with Gasteiger partial charge in [0.05, 0.1) is 0 Å². The number of rotatable bonds is 5. The third kappa shape index (κ3) is 2.96. The molecule has 1 fully saturated rings. The zero-order valence-corrected chi connectivity index (χ0v) is 13.4. The van der Waals surface area contributed by atoms with Gasteiger partial charge in [-0.05, 0) is 44.9 Å². The minimum absolute atomic E-state index is 0.389. The summed E-state index contributed by atoms with van der Waals surface area (Å²) in [4.78, 5) is 24.1. The molecule has 0 spiro atoms. The van der Waals surface area contributed by atoms with Gasteiger partial charge in [-0.2, -0.15) is 0 Å². The fourth-order valence-electron chi connectivity index (χ4n) is 2.93. The van der Waals surface area contributed by atoms with Gasteiger partial charge in [-0.15, -0.1) is 0 Å². The van der Waals surface area contributed by atoms with E-state index in [0.29, 0.717) is 11.6 Å². The van der Waals surface area contributed by atoms with Crippen molar-refractivity contribution in [3.63, 3.8) is 0 Å². The predicted molar refractivity (Wildman–Crippen MR) is 83.1 cm³/mol. The maximum absolute atomic E-state index is 13.5. The van der Waals surface area contributed by atoms with Crippen LogP contribution in [0.5, 0.6) is 0 Å². The van der Waals surface area contributed by atoms with Crippen molar-refractivity contribution in [1.82, 2.24) is 4.57 Å². The molecule has 1 aliphatic rings. The largest absolute Gasteiger partial charge is 0.454 e. The van der Waals surface area contributed by atoms with Crippen molar-refractivity contribution in [1.29, 1.82) is 0 Å². The van der Waals surface area contributed by atoms with E-state index >= 15 is 0 Å². The molecule has 1 aromatic heterocycles. The van der Waals surface area contributed by atoms with Gasteiger partial charge in [-0.1, -0.05) is 6.07 Å². The van der Waals surface area contributed by atoms with E-state index in [2.05, 4.69) is 4.57 Å². The second-order valence-electron chi connectivity index (χ2n) is 5.98. The van der Waals surface area contributed by atoms with Crippen molar-refractivity contribution < 1.29 is 23.1 Å². The van der Waals surface area contributed by atoms with Gasteiger partial charge in [0.25, 0.3) is 0 Å². The lowest BCUT2D eigenvalue weighted by Gasteiger charge is -2.08. The normalized spacial score (nSPS) is 13.8. The third-order valence-corrected chi connectivity index (χ3v) is 4.20. The molecule has 0 saturated heterocycles. The number of ether oxygens (including phenoxy) is 1. The molecular weight excluding hydrogens is 316 g/mol. The maximum Gasteiger partial charge on any atom is 0.344 e. The summed E-state index contributed by atoms with van der Waals surface area (Å²) in [5.74, 6) is -3.60. The maximum atomic E-state index is 13.5. The minimum atomic E-state index is -1.19. The molecule has 0 N–H and O–H groups in total. The zero-order chi connectivity index (χ0) is 17.4. The lowest BCUT2D eigenvalue weighted by atomic mass is 10.1. The highest BCUT2D eigenvalue weighted by molar-refractivity contribution is 6.00. The van der Waals surface area contributed by atoms with Gasteiger partial charge in [-0.3, -0.25) is 4.79 Å². The molecule has 1 aliphatic carbocycles. The summed E-state index contributed by atoms with van der Waals surface area (Å²) >= 11 is 0. The van der Waals surface area contributed by atoms with Crippen LogP contribution in [-0.2, 0) is 4.74 Å². The van der Waals surface area contributed by atoms with Gasteiger partial charge >= 0.3 is 5.97 Å². The van der Waals surface area contributed by atoms with E-state index in [1.165, 1.54) is 0 Å². The number of esters is 1. The van der Waals surface area contributed by atoms with E-state index in [4.69, 9.17) is 4.74 Å². The van der Waals surface area contributed by atoms with Crippen LogP contribution in [0, 0.1) is 25.5 Å². The Morgan fingerprint density at radius 3 is 2.42 bits per heavy atom. The minimum Gasteiger partial charge on any atom is -0.454 e. The molecule has 0 aliphatic heterocycles. The lowest BCUT2D eigenvalue weighted by molar-refractivity contribution is 0.0465. The predicted octanol–water partition coefficient (Wildman–Crippen LogP) is 3.76. The van der Waals surface area contributed by atoms with E-state index in [-0.39, 0.29) is 5.78 Å². The topological polar surface area (TPSA) is 48.3 Å². The Kier molecular flexibility index (Phi) is 4.22. The first-order valence-corrected chi connectivity index (χ1v) is 7.73. The van der Waals surface area contributed by atoms with E-state index in [1.54, 1.807) is 6.07 Å². The molecule has 4 nitrogen and oxygen atoms in total. The highest BCUT2D eigenvalue weighted by Crippen LogP contribution is 2.38. The first kappa shape index (κ1) is 16.4. The highest BCUT2D eigenvalue weighted by atomic mass is 19.1. The van der Waals surface area contributed by atoms with E-state index in [0.717, 1.165) is 42.4 Å². The molecule has 6 heteroatoms. The SMILES string of the molecule is Cc1cc(C(=O)COC(=O)c2c(F)cccc2F)c(C)n1C1CC1. The van der Waals surface area contributed by atoms with Crippen LogP contribution >= 0.6 is 0 Å². The molecule has 1 heterocycles. The molecule has 1 saturated carbocycles. The first-order chi connectivity index (χ1) is 11.4. The number of carbonyl (C=O) groups excluding carboxylic acids is 2. The van der Waals surface area contributed by atoms with Crippen molar-refractivity contribution in [2.75, 3.05) is 6.61 Å². The third-order valence-electron chi connectivity index (χ3n) is 4.20. The molecule has 2 aromatic rings. The molecule has 0 unspecified atom stereocenters. The molecule has 0 atom stereocenters. The van der Waals surface area contributed by atoms with Crippen molar-refractivity contribution in [2.24, 2.45) is 0 Å². The Labute approximate surface area is 138 Å². The van der Waals surface area contributed by atoms with Gasteiger partial charge in [0, 0.05) is 23.0 Å². The fraction of sp³-hybridized carbons (Fsp3) is 0.333. The summed E-state index contributed by atoms with van der Waals surface area (Å²) in [6.07, 6.45) is 2.18. The average Bonchev–Trinajstić information content (AvgIpc) is 3.30. The van der Waals surface area contributed by atoms with Crippen LogP contribution in [0.1, 0.15) is 51.0 Å². The molecule has 1 aromatic carbocycles. The molecule has 3 rings (SSSR count). The standard InChI is InChI=1S/C18H17F2NO3/c1-10-8-13(11(2)21(10)12-6-7-12)16(22)9-24-18(23)17-14(19)4-3-5-15(17)20/h3-5,8,12H,6-7,9H2,1-2H3. The summed E-state index contributed by atoms with van der Waals surface area (Å²) in [6, 6.07) is 5.27. The van der Waals surface area contributed by atoms with Crippen molar-refractivity contribution in [2.45, 2.75) is 32.7 Å². The Bertz CT molecular complexity index is 802. The number of hydrogen-bond acceptors (Lipinski definition) is 3. The summed E-state index contributed by atoms with van der Waals surface area (Å²) < 4.78 is 34.0. The van der Waals surface area contributed by atoms with Gasteiger partial charge in [0.15, 0.2) is 6.61 Å². The van der Waals surface area contributed by atoms with Crippen molar-refractivity contribution in [3.05, 3.63) is 58.4 Å². The quantitative estimate of drug-likeness (QED) is 0.618. The van der Waals surface area contributed by atoms with Crippen LogP contribution in [0.15, 0.2) is 24.3 Å². The van der Waals surface area contributed by atoms with Crippen LogP contribution in [0.25, 0.3) is 0 Å². The summed E-state index contributed by atoms with van der Waals surface area (Å²) in [7, 11) is 0. The number of ketones is 1. The monoisotopic (exact) mass is 333 g/mol. The van der Waals surface area contributed by atoms with Gasteiger partial charge < -0.3 is 9.30 Å². The zero-order valence-electron chi connectivity index (χ0n) is 13.4. The number of Topliss-reactive ketones (excluding diaryl/α,β-unsaturated/α-hetero) is 1. The van der Waals surface area contributed by atoms with Gasteiger partial charge in [0.2, 0.25) is 5.78 Å². The van der Waals surface area contributed by atoms with Crippen LogP contribution in [0.4, 0.5) is 8.78 Å².